The second-order valence-electron chi connectivity index (χ2n) is 14.5. The van der Waals surface area contributed by atoms with E-state index in [4.69, 9.17) is 10.2 Å². The van der Waals surface area contributed by atoms with Crippen LogP contribution in [0.4, 0.5) is 8.78 Å². The monoisotopic (exact) mass is 697 g/mol. The number of aliphatic hydroxyl groups excluding tert-OH is 2. The minimum absolute atomic E-state index is 0.224. The second-order valence-corrected chi connectivity index (χ2v) is 14.5. The number of amides is 2. The molecule has 1 fully saturated rings. The average molecular weight is 697 g/mol. The summed E-state index contributed by atoms with van der Waals surface area (Å²) in [5.41, 5.74) is 0. The molecule has 6 nitrogen and oxygen atoms in total. The Balaban J connectivity index is 2.02. The Morgan fingerprint density at radius 1 is 0.449 bits per heavy atom. The summed E-state index contributed by atoms with van der Waals surface area (Å²) in [5.74, 6) is -2.87. The van der Waals surface area contributed by atoms with Gasteiger partial charge in [0.1, 0.15) is 0 Å². The Labute approximate surface area is 298 Å². The first-order valence-corrected chi connectivity index (χ1v) is 20.5. The smallest absolute Gasteiger partial charge is 0.279 e. The highest BCUT2D eigenvalue weighted by Gasteiger charge is 2.28. The minimum atomic E-state index is -0.741. The molecule has 0 unspecified atom stereocenters. The Hall–Kier alpha value is -1.80. The molecule has 0 saturated heterocycles. The maximum Gasteiger partial charge on any atom is 0.279 e. The summed E-state index contributed by atoms with van der Waals surface area (Å²) in [6, 6.07) is -0.449. The molecule has 0 aromatic heterocycles. The fourth-order valence-corrected chi connectivity index (χ4v) is 6.80. The molecule has 4 N–H and O–H groups in total. The van der Waals surface area contributed by atoms with E-state index >= 15 is 0 Å². The summed E-state index contributed by atoms with van der Waals surface area (Å²) >= 11 is 0. The van der Waals surface area contributed by atoms with Crippen LogP contribution in [-0.4, -0.2) is 47.3 Å². The minimum Gasteiger partial charge on any atom is -0.396 e. The first kappa shape index (κ1) is 45.2. The lowest BCUT2D eigenvalue weighted by Crippen LogP contribution is -2.37. The summed E-state index contributed by atoms with van der Waals surface area (Å²) in [5, 5.41) is 23.1. The lowest BCUT2D eigenvalue weighted by molar-refractivity contribution is -0.119. The third-order valence-corrected chi connectivity index (χ3v) is 9.91. The zero-order valence-corrected chi connectivity index (χ0v) is 31.1. The highest BCUT2D eigenvalue weighted by molar-refractivity contribution is 5.92. The van der Waals surface area contributed by atoms with Crippen molar-refractivity contribution in [1.29, 1.82) is 0 Å². The van der Waals surface area contributed by atoms with Crippen molar-refractivity contribution < 1.29 is 28.6 Å². The van der Waals surface area contributed by atoms with E-state index < -0.39 is 23.5 Å². The molecule has 1 saturated carbocycles. The van der Waals surface area contributed by atoms with Crippen LogP contribution in [0.5, 0.6) is 0 Å². The Morgan fingerprint density at radius 2 is 0.694 bits per heavy atom. The lowest BCUT2D eigenvalue weighted by atomic mass is 10.0. The van der Waals surface area contributed by atoms with E-state index in [0.29, 0.717) is 45.3 Å². The molecule has 1 aliphatic rings. The summed E-state index contributed by atoms with van der Waals surface area (Å²) in [6.07, 6.45) is 36.1. The topological polar surface area (TPSA) is 98.7 Å². The molecule has 2 atom stereocenters. The molecular weight excluding hydrogens is 622 g/mol. The zero-order chi connectivity index (χ0) is 35.6. The highest BCUT2D eigenvalue weighted by Crippen LogP contribution is 2.21. The van der Waals surface area contributed by atoms with Gasteiger partial charge in [0.25, 0.3) is 11.8 Å². The van der Waals surface area contributed by atoms with Crippen molar-refractivity contribution in [2.75, 3.05) is 13.2 Å². The molecule has 0 bridgehead atoms. The van der Waals surface area contributed by atoms with Crippen LogP contribution in [0.3, 0.4) is 0 Å². The van der Waals surface area contributed by atoms with Crippen molar-refractivity contribution in [2.45, 2.75) is 211 Å². The highest BCUT2D eigenvalue weighted by atomic mass is 19.1. The quantitative estimate of drug-likeness (QED) is 0.0397. The van der Waals surface area contributed by atoms with E-state index in [1.165, 1.54) is 115 Å². The molecule has 2 amide bonds. The van der Waals surface area contributed by atoms with Gasteiger partial charge < -0.3 is 20.8 Å². The summed E-state index contributed by atoms with van der Waals surface area (Å²) < 4.78 is 28.7. The van der Waals surface area contributed by atoms with Crippen LogP contribution in [0.25, 0.3) is 0 Å². The molecule has 0 aromatic carbocycles. The maximum atomic E-state index is 14.4. The van der Waals surface area contributed by atoms with Crippen molar-refractivity contribution in [3.05, 3.63) is 23.8 Å². The van der Waals surface area contributed by atoms with Crippen molar-refractivity contribution in [3.8, 4) is 0 Å². The second kappa shape index (κ2) is 33.3. The molecule has 1 aliphatic carbocycles. The Bertz CT molecular complexity index is 798. The molecule has 286 valence electrons. The van der Waals surface area contributed by atoms with Gasteiger partial charge >= 0.3 is 0 Å². The van der Waals surface area contributed by atoms with Crippen molar-refractivity contribution in [1.82, 2.24) is 10.6 Å². The molecule has 8 heteroatoms. The number of rotatable bonds is 34. The molecule has 0 heterocycles. The number of hydrogen-bond acceptors (Lipinski definition) is 4. The molecule has 1 rings (SSSR count). The molecule has 0 spiro atoms. The van der Waals surface area contributed by atoms with Crippen LogP contribution in [0.15, 0.2) is 23.8 Å². The van der Waals surface area contributed by atoms with Gasteiger partial charge in [-0.2, -0.15) is 0 Å². The van der Waals surface area contributed by atoms with E-state index in [0.717, 1.165) is 64.2 Å². The number of nitrogens with one attached hydrogen (secondary N) is 2. The number of hydrogen-bond donors (Lipinski definition) is 4. The van der Waals surface area contributed by atoms with Crippen LogP contribution >= 0.6 is 0 Å². The molecule has 0 aliphatic heterocycles. The van der Waals surface area contributed by atoms with Crippen LogP contribution in [0.1, 0.15) is 199 Å². The third-order valence-electron chi connectivity index (χ3n) is 9.91. The van der Waals surface area contributed by atoms with E-state index in [-0.39, 0.29) is 12.1 Å². The standard InChI is InChI=1S/C41H74F2N2O4/c42-38(29-25-21-17-13-9-5-1-3-7-11-15-19-23-27-33-46)40(48)44-36-31-32-37(35-36)45-41(49)39(43)30-26-22-18-14-10-6-2-4-8-12-16-20-24-28-34-47/h29-30,36-37,46-47H,1-28,31-35H2,(H,44,48)(H,45,49)/b38-29-,39-30+/t36-,37+/m1/s1. The number of halogens is 2. The molecule has 0 radical (unpaired) electrons. The van der Waals surface area contributed by atoms with Gasteiger partial charge in [0, 0.05) is 25.3 Å². The number of carbonyl (C=O) groups is 2. The van der Waals surface area contributed by atoms with E-state index in [9.17, 15) is 18.4 Å². The molecular formula is C41H74F2N2O4. The van der Waals surface area contributed by atoms with E-state index in [1.807, 2.05) is 0 Å². The van der Waals surface area contributed by atoms with Gasteiger partial charge in [-0.15, -0.1) is 0 Å². The van der Waals surface area contributed by atoms with Gasteiger partial charge in [-0.05, 0) is 69.9 Å². The SMILES string of the molecule is O=C(N[C@@H]1CC[C@H](NC(=O)/C(F)=C\CCCCCCCCCCCCCCCO)C1)/C(F)=C/CCCCCCCCCCCCCCCO. The number of carbonyl (C=O) groups excluding carboxylic acids is 2. The van der Waals surface area contributed by atoms with E-state index in [1.54, 1.807) is 0 Å². The number of allylic oxidation sites excluding steroid dienone is 2. The Kier molecular flexibility index (Phi) is 30.8. The van der Waals surface area contributed by atoms with Gasteiger partial charge in [-0.3, -0.25) is 9.59 Å². The van der Waals surface area contributed by atoms with Gasteiger partial charge in [0.05, 0.1) is 0 Å². The van der Waals surface area contributed by atoms with E-state index in [2.05, 4.69) is 10.6 Å². The van der Waals surface area contributed by atoms with Crippen molar-refractivity contribution in [2.24, 2.45) is 0 Å². The van der Waals surface area contributed by atoms with Crippen LogP contribution in [0, 0.1) is 0 Å². The van der Waals surface area contributed by atoms with Gasteiger partial charge in [0.2, 0.25) is 0 Å². The summed E-state index contributed by atoms with van der Waals surface area (Å²) in [6.45, 7) is 0.621. The number of unbranched alkanes of at least 4 members (excludes halogenated alkanes) is 26. The fourth-order valence-electron chi connectivity index (χ4n) is 6.80. The lowest BCUT2D eigenvalue weighted by Gasteiger charge is -2.14. The normalized spacial score (nSPS) is 16.7. The van der Waals surface area contributed by atoms with Crippen LogP contribution < -0.4 is 10.6 Å². The van der Waals surface area contributed by atoms with Crippen LogP contribution in [0.2, 0.25) is 0 Å². The van der Waals surface area contributed by atoms with Gasteiger partial charge in [0.15, 0.2) is 11.7 Å². The zero-order valence-electron chi connectivity index (χ0n) is 31.1. The molecule has 49 heavy (non-hydrogen) atoms. The van der Waals surface area contributed by atoms with Crippen molar-refractivity contribution in [3.63, 3.8) is 0 Å². The largest absolute Gasteiger partial charge is 0.396 e. The van der Waals surface area contributed by atoms with Crippen molar-refractivity contribution >= 4 is 11.8 Å². The van der Waals surface area contributed by atoms with Gasteiger partial charge in [-0.25, -0.2) is 8.78 Å². The predicted octanol–water partition coefficient (Wildman–Crippen LogP) is 10.8. The fraction of sp³-hybridized carbons (Fsp3) is 0.854. The Morgan fingerprint density at radius 3 is 0.959 bits per heavy atom. The first-order chi connectivity index (χ1) is 24.0. The third kappa shape index (κ3) is 27.6. The summed E-state index contributed by atoms with van der Waals surface area (Å²) in [4.78, 5) is 24.6. The average Bonchev–Trinajstić information content (AvgIpc) is 3.54. The predicted molar refractivity (Wildman–Crippen MR) is 200 cm³/mol. The number of aliphatic hydroxyl groups is 2. The van der Waals surface area contributed by atoms with Crippen LogP contribution in [-0.2, 0) is 9.59 Å². The molecule has 0 aromatic rings. The maximum absolute atomic E-state index is 14.4. The first-order valence-electron chi connectivity index (χ1n) is 20.5. The van der Waals surface area contributed by atoms with Gasteiger partial charge in [-0.1, -0.05) is 141 Å². The summed E-state index contributed by atoms with van der Waals surface area (Å²) in [7, 11) is 0.